The molecule has 1 amide bonds. The molecule has 0 saturated heterocycles. The summed E-state index contributed by atoms with van der Waals surface area (Å²) >= 11 is 1.49. The summed E-state index contributed by atoms with van der Waals surface area (Å²) in [5, 5.41) is 7.98. The summed E-state index contributed by atoms with van der Waals surface area (Å²) in [5.41, 5.74) is 2.46. The maximum atomic E-state index is 13.2. The van der Waals surface area contributed by atoms with Gasteiger partial charge >= 0.3 is 0 Å². The summed E-state index contributed by atoms with van der Waals surface area (Å²) in [6, 6.07) is 9.49. The number of carbonyl (C=O) groups excluding carboxylic acids is 1. The van der Waals surface area contributed by atoms with Gasteiger partial charge in [0.05, 0.1) is 28.9 Å². The lowest BCUT2D eigenvalue weighted by Gasteiger charge is -2.31. The largest absolute Gasteiger partial charge is 0.321 e. The van der Waals surface area contributed by atoms with Crippen LogP contribution < -0.4 is 5.32 Å². The van der Waals surface area contributed by atoms with Crippen molar-refractivity contribution in [3.8, 4) is 10.7 Å². The SMILES string of the molecule is Cc1cccc(CN2C(=O)c3nc(-c4ccnc(Nc5ccnn5C)n4)sc3C2(C)C)n1. The smallest absolute Gasteiger partial charge is 0.274 e. The van der Waals surface area contributed by atoms with Gasteiger partial charge in [-0.2, -0.15) is 5.10 Å². The molecule has 0 fully saturated rings. The van der Waals surface area contributed by atoms with Gasteiger partial charge in [-0.15, -0.1) is 11.3 Å². The summed E-state index contributed by atoms with van der Waals surface area (Å²) < 4.78 is 1.70. The van der Waals surface area contributed by atoms with E-state index in [0.29, 0.717) is 28.9 Å². The number of anilines is 2. The highest BCUT2D eigenvalue weighted by atomic mass is 32.1. The third-order valence-corrected chi connectivity index (χ3v) is 6.90. The van der Waals surface area contributed by atoms with Gasteiger partial charge < -0.3 is 10.2 Å². The third-order valence-electron chi connectivity index (χ3n) is 5.51. The van der Waals surface area contributed by atoms with E-state index in [4.69, 9.17) is 0 Å². The molecule has 1 aliphatic heterocycles. The molecule has 0 unspecified atom stereocenters. The van der Waals surface area contributed by atoms with Gasteiger partial charge in [-0.1, -0.05) is 6.07 Å². The average Bonchev–Trinajstić information content (AvgIpc) is 3.42. The Morgan fingerprint density at radius 3 is 2.66 bits per heavy atom. The second-order valence-corrected chi connectivity index (χ2v) is 9.15. The number of fused-ring (bicyclic) bond motifs is 1. The first kappa shape index (κ1) is 20.3. The molecule has 162 valence electrons. The van der Waals surface area contributed by atoms with Crippen LogP contribution >= 0.6 is 11.3 Å². The van der Waals surface area contributed by atoms with E-state index < -0.39 is 5.54 Å². The second kappa shape index (κ2) is 7.49. The Hall–Kier alpha value is -3.66. The molecule has 0 spiro atoms. The van der Waals surface area contributed by atoms with Crippen molar-refractivity contribution in [1.29, 1.82) is 0 Å². The molecule has 0 radical (unpaired) electrons. The number of hydrogen-bond donors (Lipinski definition) is 1. The molecule has 4 aromatic rings. The van der Waals surface area contributed by atoms with Crippen molar-refractivity contribution in [2.24, 2.45) is 7.05 Å². The zero-order chi connectivity index (χ0) is 22.5. The van der Waals surface area contributed by atoms with Crippen LogP contribution in [0.5, 0.6) is 0 Å². The van der Waals surface area contributed by atoms with E-state index in [1.54, 1.807) is 23.1 Å². The summed E-state index contributed by atoms with van der Waals surface area (Å²) in [6.45, 7) is 6.48. The van der Waals surface area contributed by atoms with Crippen LogP contribution in [0.15, 0.2) is 42.7 Å². The van der Waals surface area contributed by atoms with Gasteiger partial charge in [-0.25, -0.2) is 15.0 Å². The summed E-state index contributed by atoms with van der Waals surface area (Å²) in [6.07, 6.45) is 3.37. The maximum Gasteiger partial charge on any atom is 0.274 e. The lowest BCUT2D eigenvalue weighted by atomic mass is 10.0. The van der Waals surface area contributed by atoms with Gasteiger partial charge in [-0.05, 0) is 39.0 Å². The van der Waals surface area contributed by atoms with Crippen LogP contribution in [0.25, 0.3) is 10.7 Å². The molecule has 1 N–H and O–H groups in total. The molecule has 9 nitrogen and oxygen atoms in total. The molecule has 0 aromatic carbocycles. The van der Waals surface area contributed by atoms with Gasteiger partial charge in [-0.3, -0.25) is 14.5 Å². The van der Waals surface area contributed by atoms with Crippen molar-refractivity contribution in [2.45, 2.75) is 32.9 Å². The molecular formula is C22H22N8OS. The highest BCUT2D eigenvalue weighted by Gasteiger charge is 2.46. The van der Waals surface area contributed by atoms with Gasteiger partial charge in [0.15, 0.2) is 0 Å². The minimum Gasteiger partial charge on any atom is -0.321 e. The fourth-order valence-electron chi connectivity index (χ4n) is 3.76. The average molecular weight is 447 g/mol. The molecule has 0 atom stereocenters. The van der Waals surface area contributed by atoms with E-state index in [1.807, 2.05) is 57.0 Å². The number of aromatic nitrogens is 6. The summed E-state index contributed by atoms with van der Waals surface area (Å²) in [4.78, 5) is 34.1. The number of pyridine rings is 1. The number of hydrogen-bond acceptors (Lipinski definition) is 8. The lowest BCUT2D eigenvalue weighted by molar-refractivity contribution is 0.0591. The van der Waals surface area contributed by atoms with Crippen molar-refractivity contribution in [3.63, 3.8) is 0 Å². The molecule has 0 saturated carbocycles. The first-order valence-corrected chi connectivity index (χ1v) is 11.0. The van der Waals surface area contributed by atoms with Gasteiger partial charge in [0.2, 0.25) is 5.95 Å². The fraction of sp³-hybridized carbons (Fsp3) is 0.273. The second-order valence-electron chi connectivity index (χ2n) is 8.15. The number of aryl methyl sites for hydroxylation is 2. The van der Waals surface area contributed by atoms with Crippen LogP contribution in [0, 0.1) is 6.92 Å². The Labute approximate surface area is 189 Å². The Morgan fingerprint density at radius 2 is 1.94 bits per heavy atom. The molecule has 0 bridgehead atoms. The van der Waals surface area contributed by atoms with Crippen molar-refractivity contribution in [2.75, 3.05) is 5.32 Å². The molecule has 5 heterocycles. The molecule has 10 heteroatoms. The Balaban J connectivity index is 1.43. The van der Waals surface area contributed by atoms with E-state index in [0.717, 1.165) is 22.1 Å². The zero-order valence-electron chi connectivity index (χ0n) is 18.2. The van der Waals surface area contributed by atoms with Crippen molar-refractivity contribution >= 4 is 29.0 Å². The van der Waals surface area contributed by atoms with Crippen LogP contribution in [-0.4, -0.2) is 40.5 Å². The number of nitrogens with zero attached hydrogens (tertiary/aromatic N) is 7. The maximum absolute atomic E-state index is 13.2. The zero-order valence-corrected chi connectivity index (χ0v) is 19.0. The van der Waals surface area contributed by atoms with Crippen molar-refractivity contribution in [1.82, 2.24) is 34.6 Å². The van der Waals surface area contributed by atoms with E-state index in [1.165, 1.54) is 11.3 Å². The van der Waals surface area contributed by atoms with Gasteiger partial charge in [0, 0.05) is 25.0 Å². The van der Waals surface area contributed by atoms with Crippen molar-refractivity contribution < 1.29 is 4.79 Å². The van der Waals surface area contributed by atoms with Crippen LogP contribution in [0.4, 0.5) is 11.8 Å². The van der Waals surface area contributed by atoms with E-state index in [2.05, 4.69) is 30.4 Å². The Kier molecular flexibility index (Phi) is 4.74. The quantitative estimate of drug-likeness (QED) is 0.499. The topological polar surface area (TPSA) is 102 Å². The normalized spacial score (nSPS) is 14.6. The molecule has 5 rings (SSSR count). The Bertz CT molecular complexity index is 1320. The number of amides is 1. The fourth-order valence-corrected chi connectivity index (χ4v) is 4.90. The van der Waals surface area contributed by atoms with Crippen LogP contribution in [-0.2, 0) is 19.1 Å². The standard InChI is InChI=1S/C22H22N8OS/c1-13-6-5-7-14(25-13)12-30-20(31)17-18(22(30,2)3)32-19(28-17)15-8-10-23-21(26-15)27-16-9-11-24-29(16)4/h5-11H,12H2,1-4H3,(H,23,26,27). The molecule has 1 aliphatic rings. The first-order chi connectivity index (χ1) is 15.3. The molecule has 4 aromatic heterocycles. The summed E-state index contributed by atoms with van der Waals surface area (Å²) in [5.74, 6) is 1.14. The third kappa shape index (κ3) is 3.42. The number of carbonyl (C=O) groups is 1. The van der Waals surface area contributed by atoms with E-state index >= 15 is 0 Å². The number of thiazole rings is 1. The predicted octanol–water partition coefficient (Wildman–Crippen LogP) is 3.67. The van der Waals surface area contributed by atoms with E-state index in [-0.39, 0.29) is 5.91 Å². The van der Waals surface area contributed by atoms with Crippen LogP contribution in [0.1, 0.15) is 40.6 Å². The minimum absolute atomic E-state index is 0.0851. The van der Waals surface area contributed by atoms with Crippen LogP contribution in [0.2, 0.25) is 0 Å². The first-order valence-electron chi connectivity index (χ1n) is 10.2. The highest BCUT2D eigenvalue weighted by molar-refractivity contribution is 7.15. The monoisotopic (exact) mass is 446 g/mol. The predicted molar refractivity (Wildman–Crippen MR) is 122 cm³/mol. The summed E-state index contributed by atoms with van der Waals surface area (Å²) in [7, 11) is 1.84. The Morgan fingerprint density at radius 1 is 1.09 bits per heavy atom. The van der Waals surface area contributed by atoms with E-state index in [9.17, 15) is 4.79 Å². The van der Waals surface area contributed by atoms with Gasteiger partial charge in [0.1, 0.15) is 22.2 Å². The lowest BCUT2D eigenvalue weighted by Crippen LogP contribution is -2.38. The highest BCUT2D eigenvalue weighted by Crippen LogP contribution is 2.44. The van der Waals surface area contributed by atoms with Crippen molar-refractivity contribution in [3.05, 3.63) is 64.7 Å². The molecule has 32 heavy (non-hydrogen) atoms. The molecule has 0 aliphatic carbocycles. The minimum atomic E-state index is -0.490. The van der Waals surface area contributed by atoms with Gasteiger partial charge in [0.25, 0.3) is 5.91 Å². The molecular weight excluding hydrogens is 424 g/mol. The number of rotatable bonds is 5. The number of nitrogens with one attached hydrogen (secondary N) is 1. The van der Waals surface area contributed by atoms with Crippen LogP contribution in [0.3, 0.4) is 0 Å².